The highest BCUT2D eigenvalue weighted by molar-refractivity contribution is 7.93. The van der Waals surface area contributed by atoms with Gasteiger partial charge in [-0.25, -0.2) is 13.2 Å². The molecule has 0 radical (unpaired) electrons. The standard InChI is InChI=1S/C16H15Cl2NO5S/c1-19(11-6-4-10(5-7-11)16(20)24-3)25(21,22)13-9-8-12(23-2)14(17)15(13)18/h4-9H,1-3H3. The highest BCUT2D eigenvalue weighted by atomic mass is 35.5. The van der Waals surface area contributed by atoms with Crippen LogP contribution in [0.4, 0.5) is 5.69 Å². The van der Waals surface area contributed by atoms with Crippen LogP contribution in [0.2, 0.25) is 10.0 Å². The number of nitrogens with zero attached hydrogens (tertiary/aromatic N) is 1. The molecule has 134 valence electrons. The van der Waals surface area contributed by atoms with Crippen LogP contribution in [0.3, 0.4) is 0 Å². The lowest BCUT2D eigenvalue weighted by Crippen LogP contribution is -2.27. The molecule has 9 heteroatoms. The number of esters is 1. The predicted molar refractivity (Wildman–Crippen MR) is 96.4 cm³/mol. The molecular formula is C16H15Cl2NO5S. The molecule has 0 spiro atoms. The van der Waals surface area contributed by atoms with Crippen molar-refractivity contribution in [1.82, 2.24) is 0 Å². The van der Waals surface area contributed by atoms with Crippen molar-refractivity contribution < 1.29 is 22.7 Å². The first-order chi connectivity index (χ1) is 11.7. The second-order valence-corrected chi connectivity index (χ2v) is 7.60. The van der Waals surface area contributed by atoms with Crippen LogP contribution in [-0.4, -0.2) is 35.7 Å². The molecular weight excluding hydrogens is 389 g/mol. The molecule has 2 aromatic carbocycles. The Morgan fingerprint density at radius 1 is 1.00 bits per heavy atom. The number of hydrogen-bond donors (Lipinski definition) is 0. The molecule has 0 amide bonds. The summed E-state index contributed by atoms with van der Waals surface area (Å²) in [6.07, 6.45) is 0. The Kier molecular flexibility index (Phi) is 5.82. The normalized spacial score (nSPS) is 11.1. The lowest BCUT2D eigenvalue weighted by molar-refractivity contribution is 0.0601. The molecule has 0 aromatic heterocycles. The molecule has 0 fully saturated rings. The van der Waals surface area contributed by atoms with Gasteiger partial charge in [-0.2, -0.15) is 0 Å². The zero-order valence-electron chi connectivity index (χ0n) is 13.6. The predicted octanol–water partition coefficient (Wildman–Crippen LogP) is 3.61. The molecule has 0 saturated carbocycles. The monoisotopic (exact) mass is 403 g/mol. The number of benzene rings is 2. The fourth-order valence-corrected chi connectivity index (χ4v) is 4.09. The van der Waals surface area contributed by atoms with Crippen molar-refractivity contribution in [2.45, 2.75) is 4.90 Å². The van der Waals surface area contributed by atoms with Crippen LogP contribution in [0.5, 0.6) is 5.75 Å². The van der Waals surface area contributed by atoms with Crippen LogP contribution in [0.25, 0.3) is 0 Å². The number of halogens is 2. The SMILES string of the molecule is COC(=O)c1ccc(N(C)S(=O)(=O)c2ccc(OC)c(Cl)c2Cl)cc1. The Balaban J connectivity index is 2.43. The van der Waals surface area contributed by atoms with Crippen molar-refractivity contribution >= 4 is 44.9 Å². The number of carbonyl (C=O) groups is 1. The minimum atomic E-state index is -3.96. The largest absolute Gasteiger partial charge is 0.495 e. The van der Waals surface area contributed by atoms with Crippen LogP contribution in [0.15, 0.2) is 41.3 Å². The van der Waals surface area contributed by atoms with Gasteiger partial charge in [0.15, 0.2) is 0 Å². The summed E-state index contributed by atoms with van der Waals surface area (Å²) in [5, 5.41) is -0.112. The Hall–Kier alpha value is -1.96. The number of methoxy groups -OCH3 is 2. The zero-order valence-corrected chi connectivity index (χ0v) is 15.9. The van der Waals surface area contributed by atoms with Gasteiger partial charge in [0.2, 0.25) is 0 Å². The van der Waals surface area contributed by atoms with Crippen molar-refractivity contribution in [3.05, 3.63) is 52.0 Å². The van der Waals surface area contributed by atoms with E-state index in [2.05, 4.69) is 4.74 Å². The Morgan fingerprint density at radius 2 is 1.60 bits per heavy atom. The van der Waals surface area contributed by atoms with Crippen LogP contribution in [0, 0.1) is 0 Å². The first-order valence-electron chi connectivity index (χ1n) is 6.93. The van der Waals surface area contributed by atoms with Crippen molar-refractivity contribution in [3.8, 4) is 5.75 Å². The summed E-state index contributed by atoms with van der Waals surface area (Å²) in [7, 11) is 0.0779. The van der Waals surface area contributed by atoms with Crippen molar-refractivity contribution in [1.29, 1.82) is 0 Å². The maximum Gasteiger partial charge on any atom is 0.337 e. The molecule has 0 unspecified atom stereocenters. The molecule has 0 aliphatic heterocycles. The van der Waals surface area contributed by atoms with E-state index < -0.39 is 16.0 Å². The van der Waals surface area contributed by atoms with E-state index in [9.17, 15) is 13.2 Å². The van der Waals surface area contributed by atoms with Gasteiger partial charge in [-0.05, 0) is 36.4 Å². The average molecular weight is 404 g/mol. The van der Waals surface area contributed by atoms with E-state index in [-0.39, 0.29) is 20.7 Å². The molecule has 25 heavy (non-hydrogen) atoms. The van der Waals surface area contributed by atoms with Crippen molar-refractivity contribution in [3.63, 3.8) is 0 Å². The number of ether oxygens (including phenoxy) is 2. The molecule has 0 N–H and O–H groups in total. The minimum absolute atomic E-state index is 0.0136. The Morgan fingerprint density at radius 3 is 2.12 bits per heavy atom. The third-order valence-corrected chi connectivity index (χ3v) is 6.33. The summed E-state index contributed by atoms with van der Waals surface area (Å²) in [5.74, 6) is -0.238. The summed E-state index contributed by atoms with van der Waals surface area (Å²) in [4.78, 5) is 11.3. The molecule has 0 aliphatic rings. The van der Waals surface area contributed by atoms with Gasteiger partial charge < -0.3 is 9.47 Å². The van der Waals surface area contributed by atoms with E-state index >= 15 is 0 Å². The van der Waals surface area contributed by atoms with E-state index in [0.29, 0.717) is 11.3 Å². The van der Waals surface area contributed by atoms with Gasteiger partial charge in [0.05, 0.1) is 30.5 Å². The first-order valence-corrected chi connectivity index (χ1v) is 9.13. The van der Waals surface area contributed by atoms with E-state index in [0.717, 1.165) is 4.31 Å². The topological polar surface area (TPSA) is 72.9 Å². The Bertz CT molecular complexity index is 897. The molecule has 0 saturated heterocycles. The number of sulfonamides is 1. The van der Waals surface area contributed by atoms with E-state index in [1.54, 1.807) is 0 Å². The van der Waals surface area contributed by atoms with Gasteiger partial charge in [-0.15, -0.1) is 0 Å². The summed E-state index contributed by atoms with van der Waals surface area (Å²) < 4.78 is 36.3. The molecule has 2 rings (SSSR count). The lowest BCUT2D eigenvalue weighted by Gasteiger charge is -2.21. The van der Waals surface area contributed by atoms with Gasteiger partial charge in [-0.3, -0.25) is 4.31 Å². The number of carbonyl (C=O) groups excluding carboxylic acids is 1. The van der Waals surface area contributed by atoms with Crippen LogP contribution in [-0.2, 0) is 14.8 Å². The van der Waals surface area contributed by atoms with E-state index in [1.165, 1.54) is 57.7 Å². The fraction of sp³-hybridized carbons (Fsp3) is 0.188. The third kappa shape index (κ3) is 3.68. The lowest BCUT2D eigenvalue weighted by atomic mass is 10.2. The maximum atomic E-state index is 12.8. The smallest absolute Gasteiger partial charge is 0.337 e. The van der Waals surface area contributed by atoms with Crippen molar-refractivity contribution in [2.24, 2.45) is 0 Å². The molecule has 0 aliphatic carbocycles. The van der Waals surface area contributed by atoms with Gasteiger partial charge in [0.25, 0.3) is 10.0 Å². The summed E-state index contributed by atoms with van der Waals surface area (Å²) in [5.41, 5.74) is 0.651. The van der Waals surface area contributed by atoms with Gasteiger partial charge >= 0.3 is 5.97 Å². The van der Waals surface area contributed by atoms with Crippen molar-refractivity contribution in [2.75, 3.05) is 25.6 Å². The summed E-state index contributed by atoms with van der Waals surface area (Å²) >= 11 is 12.1. The number of hydrogen-bond acceptors (Lipinski definition) is 5. The summed E-state index contributed by atoms with van der Waals surface area (Å²) in [6.45, 7) is 0. The molecule has 0 atom stereocenters. The fourth-order valence-electron chi connectivity index (χ4n) is 2.08. The van der Waals surface area contributed by atoms with Gasteiger partial charge in [0.1, 0.15) is 15.7 Å². The zero-order chi connectivity index (χ0) is 18.8. The summed E-state index contributed by atoms with van der Waals surface area (Å²) in [6, 6.07) is 8.66. The van der Waals surface area contributed by atoms with Crippen LogP contribution < -0.4 is 9.04 Å². The molecule has 6 nitrogen and oxygen atoms in total. The van der Waals surface area contributed by atoms with Gasteiger partial charge in [0, 0.05) is 7.05 Å². The number of rotatable bonds is 5. The highest BCUT2D eigenvalue weighted by Gasteiger charge is 2.26. The average Bonchev–Trinajstić information content (AvgIpc) is 2.62. The van der Waals surface area contributed by atoms with Crippen LogP contribution >= 0.6 is 23.2 Å². The second kappa shape index (κ2) is 7.51. The molecule has 0 bridgehead atoms. The highest BCUT2D eigenvalue weighted by Crippen LogP contribution is 2.38. The first kappa shape index (κ1) is 19.4. The molecule has 2 aromatic rings. The van der Waals surface area contributed by atoms with E-state index in [4.69, 9.17) is 27.9 Å². The maximum absolute atomic E-state index is 12.8. The quantitative estimate of drug-likeness (QED) is 0.712. The minimum Gasteiger partial charge on any atom is -0.495 e. The second-order valence-electron chi connectivity index (χ2n) is 4.90. The Labute approximate surface area is 155 Å². The van der Waals surface area contributed by atoms with E-state index in [1.807, 2.05) is 0 Å². The van der Waals surface area contributed by atoms with Crippen LogP contribution in [0.1, 0.15) is 10.4 Å². The third-order valence-electron chi connectivity index (χ3n) is 3.52. The number of anilines is 1. The van der Waals surface area contributed by atoms with Gasteiger partial charge in [-0.1, -0.05) is 23.2 Å². The molecule has 0 heterocycles.